The fraction of sp³-hybridized carbons (Fsp3) is 0.471. The Labute approximate surface area is 270 Å². The highest BCUT2D eigenvalue weighted by molar-refractivity contribution is 5.78. The van der Waals surface area contributed by atoms with E-state index in [0.29, 0.717) is 73.4 Å². The summed E-state index contributed by atoms with van der Waals surface area (Å²) < 4.78 is 71.7. The van der Waals surface area contributed by atoms with Gasteiger partial charge in [0.2, 0.25) is 5.91 Å². The molecule has 0 aliphatic rings. The molecule has 0 spiro atoms. The second-order valence-corrected chi connectivity index (χ2v) is 12.0. The number of carbonyl (C=O) groups is 2. The van der Waals surface area contributed by atoms with E-state index in [9.17, 15) is 36.3 Å². The number of nitrogens with two attached hydrogens (primary N) is 1. The van der Waals surface area contributed by atoms with E-state index in [-0.39, 0.29) is 11.1 Å². The van der Waals surface area contributed by atoms with E-state index in [0.717, 1.165) is 17.6 Å². The highest BCUT2D eigenvalue weighted by atomic mass is 19.4. The van der Waals surface area contributed by atoms with Crippen LogP contribution in [0.4, 0.5) is 22.0 Å². The molecule has 0 bridgehead atoms. The van der Waals surface area contributed by atoms with Gasteiger partial charge in [0.25, 0.3) is 5.56 Å². The van der Waals surface area contributed by atoms with Gasteiger partial charge in [-0.1, -0.05) is 25.7 Å². The first-order valence-electron chi connectivity index (χ1n) is 15.5. The number of halogens is 5. The minimum Gasteiger partial charge on any atom is -0.481 e. The second kappa shape index (κ2) is 16.6. The van der Waals surface area contributed by atoms with Crippen LogP contribution in [0.1, 0.15) is 78.9 Å². The number of primary amides is 1. The van der Waals surface area contributed by atoms with Gasteiger partial charge in [0, 0.05) is 25.5 Å². The minimum atomic E-state index is -5.02. The number of hydrogen-bond acceptors (Lipinski definition) is 5. The van der Waals surface area contributed by atoms with Crippen molar-refractivity contribution < 1.29 is 36.6 Å². The lowest BCUT2D eigenvalue weighted by atomic mass is 9.89. The largest absolute Gasteiger partial charge is 0.481 e. The summed E-state index contributed by atoms with van der Waals surface area (Å²) in [5.74, 6) is -4.00. The van der Waals surface area contributed by atoms with Crippen LogP contribution in [0.15, 0.2) is 41.2 Å². The van der Waals surface area contributed by atoms with E-state index in [2.05, 4.69) is 5.10 Å². The molecule has 0 saturated heterocycles. The molecule has 3 rings (SSSR count). The highest BCUT2D eigenvalue weighted by Crippen LogP contribution is 2.39. The van der Waals surface area contributed by atoms with E-state index < -0.39 is 59.7 Å². The van der Waals surface area contributed by atoms with Crippen LogP contribution in [-0.2, 0) is 35.0 Å². The topological polar surface area (TPSA) is 119 Å². The molecule has 3 aromatic rings. The van der Waals surface area contributed by atoms with Gasteiger partial charge in [-0.15, -0.1) is 0 Å². The number of aromatic nitrogens is 2. The van der Waals surface area contributed by atoms with Crippen LogP contribution in [0, 0.1) is 18.6 Å². The van der Waals surface area contributed by atoms with Crippen LogP contribution < -0.4 is 11.3 Å². The molecule has 3 N–H and O–H groups in total. The summed E-state index contributed by atoms with van der Waals surface area (Å²) >= 11 is 0. The fourth-order valence-corrected chi connectivity index (χ4v) is 5.61. The van der Waals surface area contributed by atoms with Crippen molar-refractivity contribution in [2.75, 3.05) is 20.6 Å². The van der Waals surface area contributed by atoms with Crippen molar-refractivity contribution >= 4 is 11.9 Å². The van der Waals surface area contributed by atoms with Gasteiger partial charge in [0.05, 0.1) is 11.3 Å². The summed E-state index contributed by atoms with van der Waals surface area (Å²) in [5, 5.41) is 13.4. The molecule has 1 unspecified atom stereocenters. The van der Waals surface area contributed by atoms with E-state index >= 15 is 0 Å². The number of aliphatic carboxylic acids is 1. The van der Waals surface area contributed by atoms with Crippen molar-refractivity contribution in [3.63, 3.8) is 0 Å². The van der Waals surface area contributed by atoms with Gasteiger partial charge >= 0.3 is 12.1 Å². The molecule has 0 aliphatic carbocycles. The molecule has 1 atom stereocenters. The maximum Gasteiger partial charge on any atom is 0.419 e. The molecule has 1 aromatic heterocycles. The number of amides is 1. The molecule has 0 saturated carbocycles. The van der Waals surface area contributed by atoms with Gasteiger partial charge in [-0.25, -0.2) is 13.5 Å². The minimum absolute atomic E-state index is 0.0405. The molecule has 8 nitrogen and oxygen atoms in total. The van der Waals surface area contributed by atoms with Crippen molar-refractivity contribution in [3.05, 3.63) is 86.3 Å². The van der Waals surface area contributed by atoms with Gasteiger partial charge in [0.15, 0.2) is 0 Å². The molecule has 47 heavy (non-hydrogen) atoms. The van der Waals surface area contributed by atoms with Crippen molar-refractivity contribution in [2.45, 2.75) is 83.4 Å². The third-order valence-electron chi connectivity index (χ3n) is 7.97. The third-order valence-corrected chi connectivity index (χ3v) is 7.97. The van der Waals surface area contributed by atoms with Crippen LogP contribution in [0.25, 0.3) is 11.1 Å². The Morgan fingerprint density at radius 3 is 2.28 bits per heavy atom. The Bertz CT molecular complexity index is 1620. The zero-order chi connectivity index (χ0) is 34.9. The van der Waals surface area contributed by atoms with Crippen LogP contribution in [0.2, 0.25) is 0 Å². The third kappa shape index (κ3) is 10.7. The lowest BCUT2D eigenvalue weighted by Gasteiger charge is -2.18. The number of carboxylic acids is 1. The van der Waals surface area contributed by atoms with E-state index in [1.54, 1.807) is 13.0 Å². The Hall–Kier alpha value is -4.13. The lowest BCUT2D eigenvalue weighted by Crippen LogP contribution is -2.36. The average Bonchev–Trinajstić information content (AvgIpc) is 2.97. The summed E-state index contributed by atoms with van der Waals surface area (Å²) in [7, 11) is 3.84. The number of rotatable bonds is 17. The highest BCUT2D eigenvalue weighted by Gasteiger charge is 2.36. The van der Waals surface area contributed by atoms with Gasteiger partial charge in [0.1, 0.15) is 17.7 Å². The van der Waals surface area contributed by atoms with Crippen molar-refractivity contribution in [1.82, 2.24) is 14.7 Å². The lowest BCUT2D eigenvalue weighted by molar-refractivity contribution is -0.140. The molecule has 13 heteroatoms. The zero-order valence-corrected chi connectivity index (χ0v) is 26.8. The summed E-state index contributed by atoms with van der Waals surface area (Å²) in [6.45, 7) is 2.28. The van der Waals surface area contributed by atoms with Crippen molar-refractivity contribution in [3.8, 4) is 11.1 Å². The number of carboxylic acid groups (broad SMARTS) is 1. The Morgan fingerprint density at radius 1 is 0.957 bits per heavy atom. The Kier molecular flexibility index (Phi) is 13.2. The number of benzene rings is 2. The number of hydrogen-bond donors (Lipinski definition) is 2. The number of nitrogens with zero attached hydrogens (tertiary/aromatic N) is 3. The van der Waals surface area contributed by atoms with Gasteiger partial charge < -0.3 is 15.7 Å². The van der Waals surface area contributed by atoms with E-state index in [4.69, 9.17) is 10.8 Å². The monoisotopic (exact) mass is 664 g/mol. The maximum atomic E-state index is 14.8. The van der Waals surface area contributed by atoms with E-state index in [1.807, 2.05) is 19.0 Å². The summed E-state index contributed by atoms with van der Waals surface area (Å²) in [6.07, 6.45) is -1.46. The summed E-state index contributed by atoms with van der Waals surface area (Å²) in [4.78, 5) is 37.7. The molecule has 1 heterocycles. The van der Waals surface area contributed by atoms with Gasteiger partial charge in [-0.3, -0.25) is 14.4 Å². The van der Waals surface area contributed by atoms with Crippen LogP contribution in [0.5, 0.6) is 0 Å². The molecular formula is C34H41F5N4O4. The van der Waals surface area contributed by atoms with Crippen molar-refractivity contribution in [1.29, 1.82) is 0 Å². The van der Waals surface area contributed by atoms with E-state index in [1.165, 1.54) is 24.3 Å². The first kappa shape index (κ1) is 37.3. The predicted octanol–water partition coefficient (Wildman–Crippen LogP) is 6.25. The first-order valence-corrected chi connectivity index (χ1v) is 15.5. The molecule has 0 radical (unpaired) electrons. The number of alkyl halides is 3. The van der Waals surface area contributed by atoms with Crippen LogP contribution in [0.3, 0.4) is 0 Å². The zero-order valence-electron chi connectivity index (χ0n) is 26.8. The van der Waals surface area contributed by atoms with Gasteiger partial charge in [-0.05, 0) is 105 Å². The average molecular weight is 665 g/mol. The summed E-state index contributed by atoms with van der Waals surface area (Å²) in [6, 6.07) is 6.47. The molecule has 2 aromatic carbocycles. The fourth-order valence-electron chi connectivity index (χ4n) is 5.61. The SMILES string of the molecule is Cc1cc(F)cc(CCCCCCCC(C(N)=O)n2nc(CCN(C)C)ccc2=O)c1-c1cc(CCC(=O)O)c(F)c(C(F)(F)F)c1. The van der Waals surface area contributed by atoms with Crippen molar-refractivity contribution in [2.24, 2.45) is 5.73 Å². The summed E-state index contributed by atoms with van der Waals surface area (Å²) in [5.41, 5.74) is 5.21. The Balaban J connectivity index is 1.68. The number of likely N-dealkylation sites (N-methyl/N-ethyl adjacent to an activating group) is 1. The molecule has 256 valence electrons. The number of carbonyl (C=O) groups excluding carboxylic acids is 1. The number of unbranched alkanes of at least 4 members (excludes halogenated alkanes) is 4. The standard InChI is InChI=1S/C34H41F5N4O4/c1-21-17-25(35)19-22(31(21)24-18-23(11-14-30(45)46)32(36)27(20-24)34(37,38)39)9-7-5-4-6-8-10-28(33(40)47)43-29(44)13-12-26(41-43)15-16-42(2)3/h12-13,17-20,28H,4-11,14-16H2,1-3H3,(H2,40,47)(H,45,46). The maximum absolute atomic E-state index is 14.8. The predicted molar refractivity (Wildman–Crippen MR) is 168 cm³/mol. The second-order valence-electron chi connectivity index (χ2n) is 12.0. The normalized spacial score (nSPS) is 12.4. The van der Waals surface area contributed by atoms with Crippen LogP contribution >= 0.6 is 0 Å². The Morgan fingerprint density at radius 2 is 1.64 bits per heavy atom. The smallest absolute Gasteiger partial charge is 0.419 e. The first-order chi connectivity index (χ1) is 22.1. The molecular weight excluding hydrogens is 623 g/mol. The number of aryl methyl sites for hydroxylation is 3. The van der Waals surface area contributed by atoms with Crippen LogP contribution in [-0.4, -0.2) is 52.3 Å². The molecule has 0 aliphatic heterocycles. The van der Waals surface area contributed by atoms with Gasteiger partial charge in [-0.2, -0.15) is 18.3 Å². The molecule has 1 amide bonds. The quantitative estimate of drug-likeness (QED) is 0.130. The molecule has 0 fully saturated rings.